The standard InChI is InChI=1S/C25H26F2N8O3/c26-18-5-6-21(27)32-22(18)23-19(30-24(36)20-14-38-25(31-20)15-11-28-29-12-15)13-35(33-23)17-3-1-16(2-4-17)34-7-9-37-10-8-34/h5-6,11-14,16-17H,1-4,7-10H2,(H,28,29)(H,30,36)/t16-,17-. The van der Waals surface area contributed by atoms with Crippen molar-refractivity contribution < 1.29 is 22.7 Å². The summed E-state index contributed by atoms with van der Waals surface area (Å²) in [4.78, 5) is 23.4. The fourth-order valence-corrected chi connectivity index (χ4v) is 5.12. The molecule has 4 aromatic heterocycles. The maximum Gasteiger partial charge on any atom is 0.277 e. The number of morpholine rings is 1. The van der Waals surface area contributed by atoms with Gasteiger partial charge in [-0.05, 0) is 37.8 Å². The number of carbonyl (C=O) groups is 1. The number of nitrogens with zero attached hydrogens (tertiary/aromatic N) is 6. The van der Waals surface area contributed by atoms with Crippen LogP contribution in [0.1, 0.15) is 42.2 Å². The Morgan fingerprint density at radius 1 is 1.05 bits per heavy atom. The van der Waals surface area contributed by atoms with Crippen LogP contribution in [0.2, 0.25) is 0 Å². The van der Waals surface area contributed by atoms with E-state index in [9.17, 15) is 13.6 Å². The number of nitrogens with one attached hydrogen (secondary N) is 2. The molecule has 198 valence electrons. The molecule has 2 aliphatic rings. The molecule has 4 aromatic rings. The molecule has 0 atom stereocenters. The smallest absolute Gasteiger partial charge is 0.277 e. The summed E-state index contributed by atoms with van der Waals surface area (Å²) in [5.41, 5.74) is 0.564. The number of hydrogen-bond donors (Lipinski definition) is 2. The highest BCUT2D eigenvalue weighted by molar-refractivity contribution is 6.04. The van der Waals surface area contributed by atoms with Gasteiger partial charge in [-0.25, -0.2) is 14.4 Å². The van der Waals surface area contributed by atoms with Crippen LogP contribution in [0, 0.1) is 11.8 Å². The molecule has 1 saturated heterocycles. The van der Waals surface area contributed by atoms with E-state index in [-0.39, 0.29) is 34.7 Å². The van der Waals surface area contributed by atoms with Crippen LogP contribution in [-0.4, -0.2) is 73.1 Å². The van der Waals surface area contributed by atoms with E-state index in [0.717, 1.165) is 64.1 Å². The van der Waals surface area contributed by atoms with Gasteiger partial charge in [-0.1, -0.05) is 0 Å². The van der Waals surface area contributed by atoms with Crippen LogP contribution in [0.15, 0.2) is 41.4 Å². The lowest BCUT2D eigenvalue weighted by Gasteiger charge is -2.38. The first-order valence-corrected chi connectivity index (χ1v) is 12.5. The highest BCUT2D eigenvalue weighted by Gasteiger charge is 2.30. The molecule has 0 unspecified atom stereocenters. The van der Waals surface area contributed by atoms with E-state index in [1.807, 2.05) is 0 Å². The summed E-state index contributed by atoms with van der Waals surface area (Å²) in [6.45, 7) is 3.39. The Bertz CT molecular complexity index is 1410. The second kappa shape index (κ2) is 10.4. The number of aromatic nitrogens is 6. The summed E-state index contributed by atoms with van der Waals surface area (Å²) < 4.78 is 41.3. The number of pyridine rings is 1. The van der Waals surface area contributed by atoms with Gasteiger partial charge in [0.15, 0.2) is 11.5 Å². The van der Waals surface area contributed by atoms with Crippen molar-refractivity contribution in [2.75, 3.05) is 31.6 Å². The minimum atomic E-state index is -0.847. The number of H-pyrrole nitrogens is 1. The lowest BCUT2D eigenvalue weighted by atomic mass is 9.90. The van der Waals surface area contributed by atoms with Gasteiger partial charge in [0.05, 0.1) is 36.7 Å². The lowest BCUT2D eigenvalue weighted by Crippen LogP contribution is -2.45. The molecule has 13 heteroatoms. The number of aromatic amines is 1. The number of amides is 1. The van der Waals surface area contributed by atoms with Gasteiger partial charge < -0.3 is 14.5 Å². The second-order valence-electron chi connectivity index (χ2n) is 9.43. The van der Waals surface area contributed by atoms with Gasteiger partial charge >= 0.3 is 0 Å². The van der Waals surface area contributed by atoms with Crippen molar-refractivity contribution in [3.63, 3.8) is 0 Å². The first kappa shape index (κ1) is 24.4. The number of rotatable bonds is 6. The van der Waals surface area contributed by atoms with E-state index >= 15 is 0 Å². The molecule has 1 aliphatic heterocycles. The van der Waals surface area contributed by atoms with E-state index in [0.29, 0.717) is 11.6 Å². The molecular formula is C25H26F2N8O3. The Labute approximate surface area is 216 Å². The van der Waals surface area contributed by atoms with Crippen LogP contribution >= 0.6 is 0 Å². The molecule has 11 nitrogen and oxygen atoms in total. The molecule has 2 fully saturated rings. The zero-order valence-electron chi connectivity index (χ0n) is 20.4. The minimum Gasteiger partial charge on any atom is -0.444 e. The first-order valence-electron chi connectivity index (χ1n) is 12.5. The molecule has 0 radical (unpaired) electrons. The van der Waals surface area contributed by atoms with Crippen molar-refractivity contribution in [1.82, 2.24) is 34.8 Å². The number of anilines is 1. The normalized spacial score (nSPS) is 20.5. The maximum atomic E-state index is 14.7. The molecule has 2 N–H and O–H groups in total. The van der Waals surface area contributed by atoms with Crippen LogP contribution in [0.5, 0.6) is 0 Å². The number of hydrogen-bond acceptors (Lipinski definition) is 8. The summed E-state index contributed by atoms with van der Waals surface area (Å²) in [5.74, 6) is -1.96. The zero-order chi connectivity index (χ0) is 26.1. The van der Waals surface area contributed by atoms with Crippen molar-refractivity contribution in [1.29, 1.82) is 0 Å². The fourth-order valence-electron chi connectivity index (χ4n) is 5.12. The molecule has 38 heavy (non-hydrogen) atoms. The SMILES string of the molecule is O=C(Nc1cn([C@H]2CC[C@H](N3CCOCC3)CC2)nc1-c1nc(F)ccc1F)c1coc(-c2cn[nH]c2)n1. The second-order valence-corrected chi connectivity index (χ2v) is 9.43. The lowest BCUT2D eigenvalue weighted by molar-refractivity contribution is 0.00507. The average Bonchev–Trinajstić information content (AvgIpc) is 3.72. The monoisotopic (exact) mass is 524 g/mol. The zero-order valence-corrected chi connectivity index (χ0v) is 20.4. The van der Waals surface area contributed by atoms with Gasteiger partial charge in [-0.15, -0.1) is 0 Å². The third-order valence-corrected chi connectivity index (χ3v) is 7.10. The Morgan fingerprint density at radius 2 is 1.84 bits per heavy atom. The molecule has 0 spiro atoms. The Kier molecular flexibility index (Phi) is 6.68. The van der Waals surface area contributed by atoms with Crippen molar-refractivity contribution >= 4 is 11.6 Å². The minimum absolute atomic E-state index is 0.0126. The maximum absolute atomic E-state index is 14.7. The topological polar surface area (TPSA) is 127 Å². The highest BCUT2D eigenvalue weighted by Crippen LogP contribution is 2.35. The van der Waals surface area contributed by atoms with Crippen LogP contribution in [0.4, 0.5) is 14.5 Å². The van der Waals surface area contributed by atoms with Crippen LogP contribution in [-0.2, 0) is 4.74 Å². The van der Waals surface area contributed by atoms with E-state index in [1.54, 1.807) is 17.1 Å². The molecule has 1 saturated carbocycles. The largest absolute Gasteiger partial charge is 0.444 e. The number of carbonyl (C=O) groups excluding carboxylic acids is 1. The first-order chi connectivity index (χ1) is 18.5. The summed E-state index contributed by atoms with van der Waals surface area (Å²) in [6, 6.07) is 2.47. The predicted molar refractivity (Wildman–Crippen MR) is 131 cm³/mol. The van der Waals surface area contributed by atoms with Crippen molar-refractivity contribution in [3.8, 4) is 22.8 Å². The van der Waals surface area contributed by atoms with Crippen molar-refractivity contribution in [2.24, 2.45) is 0 Å². The summed E-state index contributed by atoms with van der Waals surface area (Å²) >= 11 is 0. The van der Waals surface area contributed by atoms with Gasteiger partial charge in [0.1, 0.15) is 17.7 Å². The molecule has 0 bridgehead atoms. The quantitative estimate of drug-likeness (QED) is 0.366. The third kappa shape index (κ3) is 4.94. The number of oxazole rings is 1. The van der Waals surface area contributed by atoms with Gasteiger partial charge in [-0.2, -0.15) is 14.6 Å². The van der Waals surface area contributed by atoms with E-state index in [2.05, 4.69) is 35.5 Å². The molecule has 6 rings (SSSR count). The molecule has 1 aliphatic carbocycles. The predicted octanol–water partition coefficient (Wildman–Crippen LogP) is 3.67. The summed E-state index contributed by atoms with van der Waals surface area (Å²) in [7, 11) is 0. The average molecular weight is 525 g/mol. The Balaban J connectivity index is 1.25. The van der Waals surface area contributed by atoms with Gasteiger partial charge in [-0.3, -0.25) is 19.5 Å². The van der Waals surface area contributed by atoms with Crippen molar-refractivity contribution in [3.05, 3.63) is 54.4 Å². The number of halogens is 2. The molecule has 5 heterocycles. The summed E-state index contributed by atoms with van der Waals surface area (Å²) in [6.07, 6.45) is 9.68. The van der Waals surface area contributed by atoms with Crippen LogP contribution < -0.4 is 5.32 Å². The Hall–Kier alpha value is -3.97. The van der Waals surface area contributed by atoms with E-state index in [4.69, 9.17) is 9.15 Å². The highest BCUT2D eigenvalue weighted by atomic mass is 19.1. The van der Waals surface area contributed by atoms with Crippen molar-refractivity contribution in [2.45, 2.75) is 37.8 Å². The molecule has 1 amide bonds. The fraction of sp³-hybridized carbons (Fsp3) is 0.400. The van der Waals surface area contributed by atoms with Crippen LogP contribution in [0.25, 0.3) is 22.8 Å². The van der Waals surface area contributed by atoms with E-state index in [1.165, 1.54) is 12.5 Å². The summed E-state index contributed by atoms with van der Waals surface area (Å²) in [5, 5.41) is 13.8. The van der Waals surface area contributed by atoms with Gasteiger partial charge in [0.2, 0.25) is 11.8 Å². The third-order valence-electron chi connectivity index (χ3n) is 7.10. The van der Waals surface area contributed by atoms with Gasteiger partial charge in [0.25, 0.3) is 5.91 Å². The number of ether oxygens (including phenoxy) is 1. The molecule has 0 aromatic carbocycles. The molecular weight excluding hydrogens is 498 g/mol. The van der Waals surface area contributed by atoms with Crippen LogP contribution in [0.3, 0.4) is 0 Å². The van der Waals surface area contributed by atoms with E-state index < -0.39 is 17.7 Å². The van der Waals surface area contributed by atoms with Gasteiger partial charge in [0, 0.05) is 31.5 Å². The Morgan fingerprint density at radius 3 is 2.61 bits per heavy atom.